The van der Waals surface area contributed by atoms with E-state index in [1.807, 2.05) is 0 Å². The van der Waals surface area contributed by atoms with Crippen molar-refractivity contribution in [3.63, 3.8) is 0 Å². The van der Waals surface area contributed by atoms with Gasteiger partial charge in [-0.05, 0) is 66.8 Å². The van der Waals surface area contributed by atoms with Crippen LogP contribution in [0, 0.1) is 5.92 Å². The molecule has 2 aliphatic heterocycles. The number of para-hydroxylation sites is 2. The molecule has 3 atom stereocenters. The van der Waals surface area contributed by atoms with Crippen LogP contribution in [0.5, 0.6) is 5.75 Å². The molecule has 31 heavy (non-hydrogen) atoms. The number of ether oxygens (including phenoxy) is 1. The summed E-state index contributed by atoms with van der Waals surface area (Å²) in [4.78, 5) is 2.62. The number of anilines is 2. The largest absolute Gasteiger partial charge is 0.497 e. The van der Waals surface area contributed by atoms with Gasteiger partial charge < -0.3 is 15.0 Å². The van der Waals surface area contributed by atoms with Crippen molar-refractivity contribution < 1.29 is 4.74 Å². The van der Waals surface area contributed by atoms with Crippen molar-refractivity contribution in [3.05, 3.63) is 96.1 Å². The number of hydrogen-bond acceptors (Lipinski definition) is 3. The average molecular weight is 409 g/mol. The summed E-state index contributed by atoms with van der Waals surface area (Å²) < 4.78 is 5.43. The van der Waals surface area contributed by atoms with Crippen molar-refractivity contribution in [3.8, 4) is 5.75 Å². The van der Waals surface area contributed by atoms with E-state index < -0.39 is 0 Å². The predicted octanol–water partition coefficient (Wildman–Crippen LogP) is 6.65. The van der Waals surface area contributed by atoms with E-state index in [0.29, 0.717) is 11.8 Å². The molecule has 6 rings (SSSR count). The van der Waals surface area contributed by atoms with Crippen molar-refractivity contribution in [1.82, 2.24) is 0 Å². The summed E-state index contributed by atoms with van der Waals surface area (Å²) in [5.74, 6) is 1.81. The Hall–Kier alpha value is -3.20. The van der Waals surface area contributed by atoms with Crippen LogP contribution in [0.4, 0.5) is 11.4 Å². The van der Waals surface area contributed by atoms with Gasteiger partial charge in [0.15, 0.2) is 0 Å². The number of rotatable bonds is 3. The number of allylic oxidation sites excluding steroid dienone is 1. The van der Waals surface area contributed by atoms with Crippen LogP contribution in [0.1, 0.15) is 42.7 Å². The van der Waals surface area contributed by atoms with Crippen LogP contribution in [-0.4, -0.2) is 12.8 Å². The molecule has 2 heterocycles. The second-order valence-corrected chi connectivity index (χ2v) is 8.97. The first-order chi connectivity index (χ1) is 15.3. The lowest BCUT2D eigenvalue weighted by molar-refractivity contribution is 0.198. The third-order valence-corrected chi connectivity index (χ3v) is 7.41. The molecule has 1 saturated carbocycles. The van der Waals surface area contributed by atoms with Crippen LogP contribution in [0.3, 0.4) is 0 Å². The van der Waals surface area contributed by atoms with Crippen LogP contribution in [0.2, 0.25) is 0 Å². The van der Waals surface area contributed by atoms with Gasteiger partial charge in [0.25, 0.3) is 0 Å². The van der Waals surface area contributed by atoms with Crippen LogP contribution in [0.25, 0.3) is 5.70 Å². The molecule has 0 aromatic heterocycles. The summed E-state index contributed by atoms with van der Waals surface area (Å²) >= 11 is 0. The molecule has 3 aromatic rings. The van der Waals surface area contributed by atoms with Gasteiger partial charge in [0.05, 0.1) is 18.5 Å². The van der Waals surface area contributed by atoms with E-state index in [-0.39, 0.29) is 5.66 Å². The Balaban J connectivity index is 1.58. The highest BCUT2D eigenvalue weighted by Gasteiger charge is 2.56. The zero-order chi connectivity index (χ0) is 20.8. The van der Waals surface area contributed by atoms with Gasteiger partial charge >= 0.3 is 0 Å². The minimum atomic E-state index is -0.0769. The van der Waals surface area contributed by atoms with Gasteiger partial charge in [0.1, 0.15) is 11.4 Å². The fourth-order valence-corrected chi connectivity index (χ4v) is 6.07. The van der Waals surface area contributed by atoms with E-state index in [0.717, 1.165) is 12.2 Å². The molecular weight excluding hydrogens is 380 g/mol. The summed E-state index contributed by atoms with van der Waals surface area (Å²) in [5, 5.41) is 4.03. The zero-order valence-electron chi connectivity index (χ0n) is 17.9. The Morgan fingerprint density at radius 3 is 2.48 bits per heavy atom. The van der Waals surface area contributed by atoms with E-state index in [9.17, 15) is 0 Å². The minimum absolute atomic E-state index is 0.0769. The number of fused-ring (bicyclic) bond motifs is 2. The summed E-state index contributed by atoms with van der Waals surface area (Å²) in [6.07, 6.45) is 7.47. The summed E-state index contributed by atoms with van der Waals surface area (Å²) in [7, 11) is 1.72. The Labute approximate surface area is 184 Å². The molecule has 1 N–H and O–H groups in total. The molecule has 3 nitrogen and oxygen atoms in total. The van der Waals surface area contributed by atoms with E-state index in [1.165, 1.54) is 47.5 Å². The van der Waals surface area contributed by atoms with E-state index in [4.69, 9.17) is 4.74 Å². The zero-order valence-corrected chi connectivity index (χ0v) is 17.9. The third kappa shape index (κ3) is 2.79. The highest BCUT2D eigenvalue weighted by Crippen LogP contribution is 2.58. The minimum Gasteiger partial charge on any atom is -0.497 e. The first-order valence-electron chi connectivity index (χ1n) is 11.4. The molecule has 1 spiro atoms. The van der Waals surface area contributed by atoms with Gasteiger partial charge in [0, 0.05) is 17.5 Å². The monoisotopic (exact) mass is 408 g/mol. The standard InChI is InChI=1S/C28H28N2O/c1-31-22-16-14-21(15-17-22)27-19-23(20-9-3-2-4-10-20)24-11-7-8-18-28(24)29-25-12-5-6-13-26(25)30(27)28/h2-6,9-10,12-17,19,23-24,29H,7-8,11,18H2,1H3/t23-,24-,28+/m0/s1. The van der Waals surface area contributed by atoms with Gasteiger partial charge in [-0.25, -0.2) is 0 Å². The first kappa shape index (κ1) is 18.6. The lowest BCUT2D eigenvalue weighted by Crippen LogP contribution is -2.60. The van der Waals surface area contributed by atoms with Gasteiger partial charge in [0.2, 0.25) is 0 Å². The summed E-state index contributed by atoms with van der Waals surface area (Å²) in [5.41, 5.74) is 6.42. The van der Waals surface area contributed by atoms with Crippen molar-refractivity contribution in [2.45, 2.75) is 37.3 Å². The fraction of sp³-hybridized carbons (Fsp3) is 0.286. The molecule has 1 aliphatic carbocycles. The average Bonchev–Trinajstić information content (AvgIpc) is 3.17. The van der Waals surface area contributed by atoms with E-state index in [2.05, 4.69) is 95.2 Å². The normalized spacial score (nSPS) is 26.2. The highest BCUT2D eigenvalue weighted by atomic mass is 16.5. The third-order valence-electron chi connectivity index (χ3n) is 7.41. The molecule has 0 bridgehead atoms. The Kier molecular flexibility index (Phi) is 4.31. The Bertz CT molecular complexity index is 1120. The van der Waals surface area contributed by atoms with Crippen molar-refractivity contribution in [2.24, 2.45) is 5.92 Å². The van der Waals surface area contributed by atoms with Crippen LogP contribution in [-0.2, 0) is 0 Å². The first-order valence-corrected chi connectivity index (χ1v) is 11.4. The van der Waals surface area contributed by atoms with E-state index >= 15 is 0 Å². The van der Waals surface area contributed by atoms with Crippen LogP contribution in [0.15, 0.2) is 84.9 Å². The van der Waals surface area contributed by atoms with Crippen LogP contribution >= 0.6 is 0 Å². The van der Waals surface area contributed by atoms with Gasteiger partial charge in [-0.2, -0.15) is 0 Å². The maximum Gasteiger partial charge on any atom is 0.119 e. The van der Waals surface area contributed by atoms with Crippen molar-refractivity contribution >= 4 is 17.1 Å². The maximum absolute atomic E-state index is 5.43. The molecule has 0 unspecified atom stereocenters. The molecule has 1 fully saturated rings. The molecule has 0 saturated heterocycles. The second-order valence-electron chi connectivity index (χ2n) is 8.97. The molecule has 0 amide bonds. The smallest absolute Gasteiger partial charge is 0.119 e. The molecule has 0 radical (unpaired) electrons. The SMILES string of the molecule is COc1ccc(C2=C[C@@H](c3ccccc3)[C@@H]3CCCC[C@]34Nc3ccccc3N24)cc1. The number of nitrogens with one attached hydrogen (secondary N) is 1. The number of hydrogen-bond donors (Lipinski definition) is 1. The Morgan fingerprint density at radius 2 is 1.68 bits per heavy atom. The van der Waals surface area contributed by atoms with Gasteiger partial charge in [-0.15, -0.1) is 0 Å². The lowest BCUT2D eigenvalue weighted by Gasteiger charge is -2.54. The summed E-state index contributed by atoms with van der Waals surface area (Å²) in [6.45, 7) is 0. The number of benzene rings is 3. The van der Waals surface area contributed by atoms with Gasteiger partial charge in [-0.3, -0.25) is 0 Å². The molecular formula is C28H28N2O. The topological polar surface area (TPSA) is 24.5 Å². The fourth-order valence-electron chi connectivity index (χ4n) is 6.07. The number of nitrogens with zero attached hydrogens (tertiary/aromatic N) is 1. The maximum atomic E-state index is 5.43. The van der Waals surface area contributed by atoms with Crippen LogP contribution < -0.4 is 15.0 Å². The Morgan fingerprint density at radius 1 is 0.903 bits per heavy atom. The summed E-state index contributed by atoms with van der Waals surface area (Å²) in [6, 6.07) is 28.4. The molecule has 3 heteroatoms. The van der Waals surface area contributed by atoms with Crippen molar-refractivity contribution in [1.29, 1.82) is 0 Å². The second kappa shape index (κ2) is 7.19. The predicted molar refractivity (Wildman–Crippen MR) is 127 cm³/mol. The van der Waals surface area contributed by atoms with Crippen molar-refractivity contribution in [2.75, 3.05) is 17.3 Å². The molecule has 3 aromatic carbocycles. The van der Waals surface area contributed by atoms with Gasteiger partial charge in [-0.1, -0.05) is 55.0 Å². The van der Waals surface area contributed by atoms with E-state index in [1.54, 1.807) is 7.11 Å². The lowest BCUT2D eigenvalue weighted by atomic mass is 9.66. The number of methoxy groups -OCH3 is 1. The molecule has 156 valence electrons. The molecule has 3 aliphatic rings. The highest BCUT2D eigenvalue weighted by molar-refractivity contribution is 5.93. The quantitative estimate of drug-likeness (QED) is 0.525.